The van der Waals surface area contributed by atoms with Gasteiger partial charge in [0.15, 0.2) is 0 Å². The standard InChI is InChI=1S/C15H19N3O3/c16-14(20)13-6-10(19)8-18(13)15(21)12-3-1-2-9-7-17-5-4-11(9)12/h1-3,10,13,17,19H,4-8H2,(H2,16,20). The maximum Gasteiger partial charge on any atom is 0.254 e. The number of benzene rings is 1. The third-order valence-corrected chi connectivity index (χ3v) is 4.24. The first-order chi connectivity index (χ1) is 10.1. The number of nitrogens with one attached hydrogen (secondary N) is 1. The van der Waals surface area contributed by atoms with Crippen molar-refractivity contribution in [3.63, 3.8) is 0 Å². The average Bonchev–Trinajstić information content (AvgIpc) is 2.88. The molecule has 112 valence electrons. The van der Waals surface area contributed by atoms with E-state index in [9.17, 15) is 14.7 Å². The van der Waals surface area contributed by atoms with Crippen LogP contribution in [-0.2, 0) is 17.8 Å². The van der Waals surface area contributed by atoms with Gasteiger partial charge in [0.1, 0.15) is 6.04 Å². The van der Waals surface area contributed by atoms with Gasteiger partial charge in [-0.3, -0.25) is 9.59 Å². The van der Waals surface area contributed by atoms with Crippen molar-refractivity contribution in [3.05, 3.63) is 34.9 Å². The highest BCUT2D eigenvalue weighted by Crippen LogP contribution is 2.25. The molecule has 0 spiro atoms. The van der Waals surface area contributed by atoms with E-state index in [1.165, 1.54) is 4.90 Å². The number of amides is 2. The molecule has 1 saturated heterocycles. The van der Waals surface area contributed by atoms with Gasteiger partial charge in [0.25, 0.3) is 5.91 Å². The Labute approximate surface area is 122 Å². The molecule has 6 nitrogen and oxygen atoms in total. The lowest BCUT2D eigenvalue weighted by molar-refractivity contribution is -0.121. The third kappa shape index (κ3) is 2.52. The van der Waals surface area contributed by atoms with Crippen LogP contribution in [0.25, 0.3) is 0 Å². The van der Waals surface area contributed by atoms with E-state index in [1.807, 2.05) is 12.1 Å². The molecule has 1 aromatic rings. The SMILES string of the molecule is NC(=O)C1CC(O)CN1C(=O)c1cccc2c1CCNC2. The summed E-state index contributed by atoms with van der Waals surface area (Å²) >= 11 is 0. The summed E-state index contributed by atoms with van der Waals surface area (Å²) < 4.78 is 0. The fourth-order valence-corrected chi connectivity index (χ4v) is 3.20. The van der Waals surface area contributed by atoms with Crippen LogP contribution in [0.3, 0.4) is 0 Å². The van der Waals surface area contributed by atoms with Gasteiger partial charge in [-0.05, 0) is 30.2 Å². The molecule has 2 aliphatic rings. The highest BCUT2D eigenvalue weighted by molar-refractivity contribution is 5.99. The van der Waals surface area contributed by atoms with Gasteiger partial charge in [-0.15, -0.1) is 0 Å². The van der Waals surface area contributed by atoms with E-state index in [0.29, 0.717) is 5.56 Å². The molecule has 2 aliphatic heterocycles. The predicted molar refractivity (Wildman–Crippen MR) is 76.5 cm³/mol. The fourth-order valence-electron chi connectivity index (χ4n) is 3.20. The van der Waals surface area contributed by atoms with Gasteiger partial charge < -0.3 is 21.1 Å². The average molecular weight is 289 g/mol. The molecular weight excluding hydrogens is 270 g/mol. The quantitative estimate of drug-likeness (QED) is 0.677. The van der Waals surface area contributed by atoms with E-state index in [4.69, 9.17) is 5.73 Å². The Balaban J connectivity index is 1.93. The Hall–Kier alpha value is -1.92. The lowest BCUT2D eigenvalue weighted by atomic mass is 9.94. The van der Waals surface area contributed by atoms with Crippen LogP contribution in [0.5, 0.6) is 0 Å². The van der Waals surface area contributed by atoms with Crippen LogP contribution < -0.4 is 11.1 Å². The van der Waals surface area contributed by atoms with Crippen molar-refractivity contribution in [2.75, 3.05) is 13.1 Å². The minimum Gasteiger partial charge on any atom is -0.391 e. The number of likely N-dealkylation sites (tertiary alicyclic amines) is 1. The van der Waals surface area contributed by atoms with Crippen LogP contribution in [0.1, 0.15) is 27.9 Å². The van der Waals surface area contributed by atoms with Gasteiger partial charge >= 0.3 is 0 Å². The predicted octanol–water partition coefficient (Wildman–Crippen LogP) is -0.607. The van der Waals surface area contributed by atoms with Crippen LogP contribution in [0.4, 0.5) is 0 Å². The molecule has 2 amide bonds. The molecule has 1 fully saturated rings. The Morgan fingerprint density at radius 1 is 1.38 bits per heavy atom. The maximum absolute atomic E-state index is 12.8. The van der Waals surface area contributed by atoms with Crippen molar-refractivity contribution in [1.29, 1.82) is 0 Å². The molecule has 6 heteroatoms. The van der Waals surface area contributed by atoms with Crippen molar-refractivity contribution >= 4 is 11.8 Å². The number of β-amino-alcohol motifs (C(OH)–C–C–N with tert-alkyl or cyclic N) is 1. The number of aliphatic hydroxyl groups is 1. The van der Waals surface area contributed by atoms with Crippen molar-refractivity contribution in [2.45, 2.75) is 31.5 Å². The Morgan fingerprint density at radius 2 is 2.19 bits per heavy atom. The molecule has 2 atom stereocenters. The van der Waals surface area contributed by atoms with E-state index < -0.39 is 18.1 Å². The maximum atomic E-state index is 12.8. The number of rotatable bonds is 2. The number of carbonyl (C=O) groups excluding carboxylic acids is 2. The lowest BCUT2D eigenvalue weighted by Crippen LogP contribution is -2.44. The normalized spacial score (nSPS) is 24.7. The topological polar surface area (TPSA) is 95.7 Å². The van der Waals surface area contributed by atoms with Gasteiger partial charge in [0.2, 0.25) is 5.91 Å². The Morgan fingerprint density at radius 3 is 2.95 bits per heavy atom. The van der Waals surface area contributed by atoms with E-state index in [2.05, 4.69) is 5.32 Å². The molecule has 4 N–H and O–H groups in total. The summed E-state index contributed by atoms with van der Waals surface area (Å²) in [7, 11) is 0. The number of aliphatic hydroxyl groups excluding tert-OH is 1. The van der Waals surface area contributed by atoms with Crippen molar-refractivity contribution < 1.29 is 14.7 Å². The first kappa shape index (κ1) is 14.0. The summed E-state index contributed by atoms with van der Waals surface area (Å²) in [6.45, 7) is 1.74. The number of carbonyl (C=O) groups is 2. The molecule has 0 radical (unpaired) electrons. The van der Waals surface area contributed by atoms with E-state index in [1.54, 1.807) is 6.07 Å². The second-order valence-corrected chi connectivity index (χ2v) is 5.64. The number of primary amides is 1. The largest absolute Gasteiger partial charge is 0.391 e. The fraction of sp³-hybridized carbons (Fsp3) is 0.467. The van der Waals surface area contributed by atoms with Gasteiger partial charge in [-0.2, -0.15) is 0 Å². The first-order valence-corrected chi connectivity index (χ1v) is 7.17. The lowest BCUT2D eigenvalue weighted by Gasteiger charge is -2.25. The van der Waals surface area contributed by atoms with Crippen LogP contribution >= 0.6 is 0 Å². The first-order valence-electron chi connectivity index (χ1n) is 7.17. The smallest absolute Gasteiger partial charge is 0.254 e. The van der Waals surface area contributed by atoms with Gasteiger partial charge in [0, 0.05) is 25.1 Å². The molecule has 2 unspecified atom stereocenters. The van der Waals surface area contributed by atoms with Crippen LogP contribution in [0.2, 0.25) is 0 Å². The molecule has 0 saturated carbocycles. The second-order valence-electron chi connectivity index (χ2n) is 5.64. The summed E-state index contributed by atoms with van der Waals surface area (Å²) in [5.74, 6) is -0.777. The zero-order valence-corrected chi connectivity index (χ0v) is 11.7. The molecule has 3 rings (SSSR count). The van der Waals surface area contributed by atoms with Gasteiger partial charge in [-0.25, -0.2) is 0 Å². The number of fused-ring (bicyclic) bond motifs is 1. The zero-order chi connectivity index (χ0) is 15.0. The highest BCUT2D eigenvalue weighted by atomic mass is 16.3. The summed E-state index contributed by atoms with van der Waals surface area (Å²) in [4.78, 5) is 25.7. The molecule has 0 aromatic heterocycles. The highest BCUT2D eigenvalue weighted by Gasteiger charge is 2.38. The van der Waals surface area contributed by atoms with Gasteiger partial charge in [-0.1, -0.05) is 12.1 Å². The Kier molecular flexibility index (Phi) is 3.65. The molecule has 1 aromatic carbocycles. The van der Waals surface area contributed by atoms with Crippen LogP contribution in [0.15, 0.2) is 18.2 Å². The molecule has 2 heterocycles. The summed E-state index contributed by atoms with van der Waals surface area (Å²) in [5, 5.41) is 13.0. The van der Waals surface area contributed by atoms with Crippen molar-refractivity contribution in [1.82, 2.24) is 10.2 Å². The van der Waals surface area contributed by atoms with Crippen LogP contribution in [-0.4, -0.2) is 47.1 Å². The van der Waals surface area contributed by atoms with E-state index in [-0.39, 0.29) is 18.9 Å². The molecule has 21 heavy (non-hydrogen) atoms. The third-order valence-electron chi connectivity index (χ3n) is 4.24. The minimum atomic E-state index is -0.718. The summed E-state index contributed by atoms with van der Waals surface area (Å²) in [6, 6.07) is 4.92. The second kappa shape index (κ2) is 5.46. The zero-order valence-electron chi connectivity index (χ0n) is 11.7. The van der Waals surface area contributed by atoms with E-state index in [0.717, 1.165) is 30.6 Å². The van der Waals surface area contributed by atoms with Crippen LogP contribution in [0, 0.1) is 0 Å². The number of hydrogen-bond acceptors (Lipinski definition) is 4. The van der Waals surface area contributed by atoms with E-state index >= 15 is 0 Å². The Bertz CT molecular complexity index is 588. The molecule has 0 bridgehead atoms. The number of nitrogens with two attached hydrogens (primary N) is 1. The minimum absolute atomic E-state index is 0.161. The summed E-state index contributed by atoms with van der Waals surface area (Å²) in [5.41, 5.74) is 8.12. The molecular formula is C15H19N3O3. The number of nitrogens with zero attached hydrogens (tertiary/aromatic N) is 1. The monoisotopic (exact) mass is 289 g/mol. The summed E-state index contributed by atoms with van der Waals surface area (Å²) in [6.07, 6.45) is 0.319. The van der Waals surface area contributed by atoms with Crippen molar-refractivity contribution in [2.24, 2.45) is 5.73 Å². The van der Waals surface area contributed by atoms with Crippen molar-refractivity contribution in [3.8, 4) is 0 Å². The van der Waals surface area contributed by atoms with Gasteiger partial charge in [0.05, 0.1) is 6.10 Å². The molecule has 0 aliphatic carbocycles. The number of hydrogen-bond donors (Lipinski definition) is 3.